The number of hydrogen-bond acceptors (Lipinski definition) is 7. The lowest BCUT2D eigenvalue weighted by molar-refractivity contribution is 0.0785. The minimum Gasteiger partial charge on any atom is -0.386 e. The molecule has 3 aromatic heterocycles. The van der Waals surface area contributed by atoms with Gasteiger partial charge in [-0.05, 0) is 73.9 Å². The molecular formula is C26H27ClN4O3S2. The number of nitrogen functional groups attached to an aromatic ring is 1. The Balaban J connectivity index is 1.62. The third kappa shape index (κ3) is 5.40. The van der Waals surface area contributed by atoms with Crippen LogP contribution < -0.4 is 10.5 Å². The number of hydrogen-bond donors (Lipinski definition) is 3. The van der Waals surface area contributed by atoms with Gasteiger partial charge >= 0.3 is 0 Å². The second-order valence-electron chi connectivity index (χ2n) is 9.74. The number of benzene rings is 1. The Morgan fingerprint density at radius 2 is 2.00 bits per heavy atom. The van der Waals surface area contributed by atoms with Crippen LogP contribution in [0, 0.1) is 5.92 Å². The van der Waals surface area contributed by atoms with E-state index in [4.69, 9.17) is 17.3 Å². The summed E-state index contributed by atoms with van der Waals surface area (Å²) < 4.78 is 29.8. The number of nitrogens with two attached hydrogens (primary N) is 1. The van der Waals surface area contributed by atoms with Gasteiger partial charge in [-0.15, -0.1) is 11.3 Å². The van der Waals surface area contributed by atoms with Crippen molar-refractivity contribution in [1.82, 2.24) is 14.7 Å². The average Bonchev–Trinajstić information content (AvgIpc) is 3.51. The van der Waals surface area contributed by atoms with E-state index in [0.717, 1.165) is 44.6 Å². The van der Waals surface area contributed by atoms with Crippen molar-refractivity contribution in [2.24, 2.45) is 5.92 Å². The van der Waals surface area contributed by atoms with Gasteiger partial charge in [0.05, 0.1) is 33.8 Å². The van der Waals surface area contributed by atoms with E-state index in [1.807, 2.05) is 30.3 Å². The van der Waals surface area contributed by atoms with Crippen LogP contribution in [-0.2, 0) is 15.6 Å². The molecule has 0 unspecified atom stereocenters. The first-order valence-electron chi connectivity index (χ1n) is 11.6. The number of thiophene rings is 1. The Bertz CT molecular complexity index is 1540. The summed E-state index contributed by atoms with van der Waals surface area (Å²) in [6, 6.07) is 13.9. The van der Waals surface area contributed by atoms with Crippen molar-refractivity contribution in [2.75, 3.05) is 11.5 Å². The van der Waals surface area contributed by atoms with Crippen molar-refractivity contribution in [3.63, 3.8) is 0 Å². The highest BCUT2D eigenvalue weighted by Gasteiger charge is 2.32. The molecular weight excluding hydrogens is 516 g/mol. The summed E-state index contributed by atoms with van der Waals surface area (Å²) in [5.74, 6) is 0.526. The van der Waals surface area contributed by atoms with Crippen molar-refractivity contribution >= 4 is 48.9 Å². The Labute approximate surface area is 219 Å². The van der Waals surface area contributed by atoms with Crippen LogP contribution in [-0.4, -0.2) is 29.2 Å². The summed E-state index contributed by atoms with van der Waals surface area (Å²) in [4.78, 5) is 9.69. The van der Waals surface area contributed by atoms with Crippen LogP contribution in [0.1, 0.15) is 48.9 Å². The quantitative estimate of drug-likeness (QED) is 0.280. The summed E-state index contributed by atoms with van der Waals surface area (Å²) in [6.07, 6.45) is 3.53. The topological polar surface area (TPSA) is 118 Å². The summed E-state index contributed by atoms with van der Waals surface area (Å²) in [7, 11) is -3.59. The number of anilines is 1. The third-order valence-corrected chi connectivity index (χ3v) is 9.28. The van der Waals surface area contributed by atoms with Crippen molar-refractivity contribution in [1.29, 1.82) is 0 Å². The van der Waals surface area contributed by atoms with Gasteiger partial charge in [0, 0.05) is 21.3 Å². The van der Waals surface area contributed by atoms with E-state index < -0.39 is 21.7 Å². The largest absolute Gasteiger partial charge is 0.386 e. The average molecular weight is 543 g/mol. The van der Waals surface area contributed by atoms with E-state index in [1.165, 1.54) is 11.3 Å². The molecule has 36 heavy (non-hydrogen) atoms. The first kappa shape index (κ1) is 25.1. The molecule has 188 valence electrons. The van der Waals surface area contributed by atoms with E-state index in [-0.39, 0.29) is 17.5 Å². The number of aromatic nitrogens is 2. The first-order valence-corrected chi connectivity index (χ1v) is 14.5. The van der Waals surface area contributed by atoms with Crippen molar-refractivity contribution < 1.29 is 13.5 Å². The van der Waals surface area contributed by atoms with Gasteiger partial charge in [0.2, 0.25) is 10.0 Å². The van der Waals surface area contributed by atoms with E-state index in [1.54, 1.807) is 38.2 Å². The van der Waals surface area contributed by atoms with Crippen LogP contribution in [0.2, 0.25) is 5.02 Å². The van der Waals surface area contributed by atoms with Gasteiger partial charge in [-0.1, -0.05) is 29.8 Å². The second-order valence-corrected chi connectivity index (χ2v) is 13.0. The lowest BCUT2D eigenvalue weighted by Gasteiger charge is -2.19. The number of sulfonamides is 1. The number of rotatable bonds is 8. The van der Waals surface area contributed by atoms with Gasteiger partial charge in [-0.3, -0.25) is 4.98 Å². The molecule has 4 N–H and O–H groups in total. The molecule has 1 aliphatic carbocycles. The standard InChI is InChI=1S/C26H27ClN4O3S2/c1-26(2,32)17-10-11-29-20(13-17)18-5-3-4-16-12-21(35-25(16)18)24(23-19(27)8-9-22(28)30-23)31-36(33,34)14-15-6-7-15/h3-5,8-13,15,24,31-32H,6-7,14H2,1-2H3,(H2,28,30)/t24-/m0/s1. The van der Waals surface area contributed by atoms with Gasteiger partial charge in [0.25, 0.3) is 0 Å². The fraction of sp³-hybridized carbons (Fsp3) is 0.308. The summed E-state index contributed by atoms with van der Waals surface area (Å²) in [5.41, 5.74) is 7.67. The molecule has 0 amide bonds. The molecule has 1 atom stereocenters. The molecule has 10 heteroatoms. The summed E-state index contributed by atoms with van der Waals surface area (Å²) in [5, 5.41) is 11.8. The van der Waals surface area contributed by atoms with Gasteiger partial charge in [0.15, 0.2) is 0 Å². The van der Waals surface area contributed by atoms with Crippen LogP contribution in [0.5, 0.6) is 0 Å². The minimum atomic E-state index is -3.59. The molecule has 4 aromatic rings. The second kappa shape index (κ2) is 9.39. The van der Waals surface area contributed by atoms with Gasteiger partial charge < -0.3 is 10.8 Å². The zero-order valence-electron chi connectivity index (χ0n) is 19.9. The SMILES string of the molecule is CC(C)(O)c1ccnc(-c2cccc3cc([C@H](NS(=O)(=O)CC4CC4)c4nc(N)ccc4Cl)sc23)c1. The Morgan fingerprint density at radius 1 is 1.22 bits per heavy atom. The summed E-state index contributed by atoms with van der Waals surface area (Å²) >= 11 is 7.95. The van der Waals surface area contributed by atoms with Gasteiger partial charge in [0.1, 0.15) is 5.82 Å². The lowest BCUT2D eigenvalue weighted by atomic mass is 9.97. The molecule has 1 saturated carbocycles. The number of fused-ring (bicyclic) bond motifs is 1. The first-order chi connectivity index (χ1) is 17.0. The van der Waals surface area contributed by atoms with Crippen molar-refractivity contribution in [2.45, 2.75) is 38.3 Å². The van der Waals surface area contributed by atoms with Crippen LogP contribution in [0.25, 0.3) is 21.3 Å². The Morgan fingerprint density at radius 3 is 2.72 bits per heavy atom. The van der Waals surface area contributed by atoms with E-state index in [0.29, 0.717) is 10.7 Å². The lowest BCUT2D eigenvalue weighted by Crippen LogP contribution is -2.32. The smallest absolute Gasteiger partial charge is 0.212 e. The van der Waals surface area contributed by atoms with E-state index in [2.05, 4.69) is 14.7 Å². The maximum Gasteiger partial charge on any atom is 0.212 e. The molecule has 0 saturated heterocycles. The highest BCUT2D eigenvalue weighted by atomic mass is 35.5. The molecule has 0 spiro atoms. The minimum absolute atomic E-state index is 0.0766. The predicted molar refractivity (Wildman–Crippen MR) is 145 cm³/mol. The number of aliphatic hydroxyl groups is 1. The Kier molecular flexibility index (Phi) is 6.55. The van der Waals surface area contributed by atoms with E-state index >= 15 is 0 Å². The number of nitrogens with one attached hydrogen (secondary N) is 1. The predicted octanol–water partition coefficient (Wildman–Crippen LogP) is 5.24. The highest BCUT2D eigenvalue weighted by molar-refractivity contribution is 7.89. The zero-order valence-corrected chi connectivity index (χ0v) is 22.3. The zero-order chi connectivity index (χ0) is 25.7. The molecule has 0 bridgehead atoms. The normalized spacial score (nSPS) is 15.3. The van der Waals surface area contributed by atoms with Crippen LogP contribution in [0.4, 0.5) is 5.82 Å². The fourth-order valence-corrected chi connectivity index (χ4v) is 7.31. The molecule has 1 fully saturated rings. The van der Waals surface area contributed by atoms with Gasteiger partial charge in [-0.25, -0.2) is 18.1 Å². The molecule has 0 radical (unpaired) electrons. The maximum absolute atomic E-state index is 13.0. The van der Waals surface area contributed by atoms with E-state index in [9.17, 15) is 13.5 Å². The molecule has 3 heterocycles. The summed E-state index contributed by atoms with van der Waals surface area (Å²) in [6.45, 7) is 3.47. The van der Waals surface area contributed by atoms with Gasteiger partial charge in [-0.2, -0.15) is 0 Å². The molecule has 1 aliphatic rings. The molecule has 1 aromatic carbocycles. The number of pyridine rings is 2. The van der Waals surface area contributed by atoms with Crippen molar-refractivity contribution in [3.8, 4) is 11.3 Å². The van der Waals surface area contributed by atoms with Crippen LogP contribution in [0.15, 0.2) is 54.7 Å². The molecule has 0 aliphatic heterocycles. The number of nitrogens with zero attached hydrogens (tertiary/aromatic N) is 2. The highest BCUT2D eigenvalue weighted by Crippen LogP contribution is 2.40. The fourth-order valence-electron chi connectivity index (χ4n) is 4.13. The third-order valence-electron chi connectivity index (χ3n) is 6.21. The molecule has 7 nitrogen and oxygen atoms in total. The van der Waals surface area contributed by atoms with Crippen LogP contribution in [0.3, 0.4) is 0 Å². The monoisotopic (exact) mass is 542 g/mol. The van der Waals surface area contributed by atoms with Crippen molar-refractivity contribution in [3.05, 3.63) is 75.9 Å². The van der Waals surface area contributed by atoms with Crippen LogP contribution >= 0.6 is 22.9 Å². The maximum atomic E-state index is 13.0. The molecule has 5 rings (SSSR count). The Hall–Kier alpha value is -2.56. The number of halogens is 1.